The summed E-state index contributed by atoms with van der Waals surface area (Å²) >= 11 is 5.81. The zero-order valence-electron chi connectivity index (χ0n) is 14.8. The number of carbonyl (C=O) groups is 1. The van der Waals surface area contributed by atoms with Crippen molar-refractivity contribution in [3.63, 3.8) is 0 Å². The second-order valence-electron chi connectivity index (χ2n) is 6.00. The average molecular weight is 382 g/mol. The molecule has 138 valence electrons. The summed E-state index contributed by atoms with van der Waals surface area (Å²) in [4.78, 5) is 16.5. The number of nitrogens with zero attached hydrogens (tertiary/aromatic N) is 2. The van der Waals surface area contributed by atoms with Crippen LogP contribution in [-0.4, -0.2) is 28.6 Å². The third-order valence-electron chi connectivity index (χ3n) is 4.07. The number of ether oxygens (including phenoxy) is 1. The summed E-state index contributed by atoms with van der Waals surface area (Å²) in [5.41, 5.74) is 1.97. The number of hydrogen-bond acceptors (Lipinski definition) is 3. The van der Waals surface area contributed by atoms with Crippen molar-refractivity contribution in [1.82, 2.24) is 14.9 Å². The second kappa shape index (κ2) is 9.11. The van der Waals surface area contributed by atoms with E-state index in [2.05, 4.69) is 16.2 Å². The van der Waals surface area contributed by atoms with Gasteiger partial charge >= 0.3 is 0 Å². The molecule has 0 saturated heterocycles. The molecule has 2 aromatic carbocycles. The van der Waals surface area contributed by atoms with Gasteiger partial charge in [-0.25, -0.2) is 4.98 Å². The molecular formula is C21H20ClN3O2. The number of nitrogens with one attached hydrogen (secondary N) is 1. The van der Waals surface area contributed by atoms with Crippen LogP contribution in [-0.2, 0) is 17.8 Å². The first-order valence-corrected chi connectivity index (χ1v) is 9.08. The number of aromatic nitrogens is 2. The number of aryl methyl sites for hydroxylation is 1. The maximum atomic E-state index is 11.9. The minimum absolute atomic E-state index is 0.0305. The monoisotopic (exact) mass is 381 g/mol. The summed E-state index contributed by atoms with van der Waals surface area (Å²) in [5, 5.41) is 3.48. The van der Waals surface area contributed by atoms with Crippen molar-refractivity contribution < 1.29 is 9.53 Å². The van der Waals surface area contributed by atoms with Crippen LogP contribution in [0, 0.1) is 12.3 Å². The molecule has 3 aromatic rings. The van der Waals surface area contributed by atoms with Crippen molar-refractivity contribution in [2.24, 2.45) is 0 Å². The number of terminal acetylenes is 1. The number of para-hydroxylation sites is 2. The smallest absolute Gasteiger partial charge is 0.257 e. The Balaban J connectivity index is 1.46. The van der Waals surface area contributed by atoms with Crippen molar-refractivity contribution in [3.8, 4) is 18.1 Å². The van der Waals surface area contributed by atoms with Gasteiger partial charge < -0.3 is 14.6 Å². The minimum atomic E-state index is -0.165. The van der Waals surface area contributed by atoms with E-state index in [-0.39, 0.29) is 12.5 Å². The molecule has 1 aromatic heterocycles. The van der Waals surface area contributed by atoms with E-state index >= 15 is 0 Å². The lowest BCUT2D eigenvalue weighted by Gasteiger charge is -2.08. The molecule has 0 fully saturated rings. The largest absolute Gasteiger partial charge is 0.484 e. The summed E-state index contributed by atoms with van der Waals surface area (Å²) in [6.45, 7) is 0.996. The fourth-order valence-corrected chi connectivity index (χ4v) is 2.91. The maximum Gasteiger partial charge on any atom is 0.257 e. The molecule has 0 atom stereocenters. The maximum absolute atomic E-state index is 11.9. The molecule has 0 unspecified atom stereocenters. The molecule has 0 bridgehead atoms. The van der Waals surface area contributed by atoms with Gasteiger partial charge in [0.15, 0.2) is 6.61 Å². The highest BCUT2D eigenvalue weighted by molar-refractivity contribution is 6.30. The van der Waals surface area contributed by atoms with E-state index < -0.39 is 0 Å². The number of rotatable bonds is 8. The van der Waals surface area contributed by atoms with Crippen molar-refractivity contribution in [3.05, 3.63) is 59.4 Å². The van der Waals surface area contributed by atoms with Crippen LogP contribution in [0.2, 0.25) is 5.02 Å². The highest BCUT2D eigenvalue weighted by Gasteiger charge is 2.09. The number of hydrogen-bond donors (Lipinski definition) is 1. The molecule has 3 rings (SSSR count). The van der Waals surface area contributed by atoms with E-state index in [0.717, 1.165) is 29.7 Å². The SMILES string of the molecule is C#CCn1c(CCCNC(=O)COc2ccc(Cl)cc2)nc2ccccc21. The average Bonchev–Trinajstić information content (AvgIpc) is 3.03. The Morgan fingerprint density at radius 1 is 1.22 bits per heavy atom. The van der Waals surface area contributed by atoms with E-state index in [1.165, 1.54) is 0 Å². The van der Waals surface area contributed by atoms with Gasteiger partial charge in [0.25, 0.3) is 5.91 Å². The van der Waals surface area contributed by atoms with Crippen molar-refractivity contribution >= 4 is 28.5 Å². The fourth-order valence-electron chi connectivity index (χ4n) is 2.79. The number of carbonyl (C=O) groups excluding carboxylic acids is 1. The lowest BCUT2D eigenvalue weighted by molar-refractivity contribution is -0.123. The summed E-state index contributed by atoms with van der Waals surface area (Å²) in [7, 11) is 0. The zero-order valence-corrected chi connectivity index (χ0v) is 15.6. The Kier molecular flexibility index (Phi) is 6.35. The molecule has 27 heavy (non-hydrogen) atoms. The summed E-state index contributed by atoms with van der Waals surface area (Å²) < 4.78 is 7.46. The summed E-state index contributed by atoms with van der Waals surface area (Å²) in [5.74, 6) is 4.05. The number of benzene rings is 2. The van der Waals surface area contributed by atoms with Crippen molar-refractivity contribution in [2.45, 2.75) is 19.4 Å². The third kappa shape index (κ3) is 5.02. The summed E-state index contributed by atoms with van der Waals surface area (Å²) in [6, 6.07) is 14.8. The first-order chi connectivity index (χ1) is 13.2. The molecular weight excluding hydrogens is 362 g/mol. The first kappa shape index (κ1) is 18.8. The van der Waals surface area contributed by atoms with Crippen LogP contribution >= 0.6 is 11.6 Å². The van der Waals surface area contributed by atoms with Crippen LogP contribution in [0.15, 0.2) is 48.5 Å². The molecule has 1 N–H and O–H groups in total. The molecule has 1 amide bonds. The molecule has 1 heterocycles. The van der Waals surface area contributed by atoms with Gasteiger partial charge in [-0.15, -0.1) is 6.42 Å². The molecule has 0 spiro atoms. The van der Waals surface area contributed by atoms with Crippen LogP contribution < -0.4 is 10.1 Å². The Morgan fingerprint density at radius 2 is 2.00 bits per heavy atom. The van der Waals surface area contributed by atoms with Gasteiger partial charge in [0.2, 0.25) is 0 Å². The molecule has 0 radical (unpaired) electrons. The normalized spacial score (nSPS) is 10.5. The van der Waals surface area contributed by atoms with Crippen LogP contribution in [0.3, 0.4) is 0 Å². The number of imidazole rings is 1. The summed E-state index contributed by atoms with van der Waals surface area (Å²) in [6.07, 6.45) is 6.98. The quantitative estimate of drug-likeness (QED) is 0.480. The van der Waals surface area contributed by atoms with E-state index in [0.29, 0.717) is 23.9 Å². The fraction of sp³-hybridized carbons (Fsp3) is 0.238. The van der Waals surface area contributed by atoms with E-state index in [1.807, 2.05) is 28.8 Å². The predicted molar refractivity (Wildman–Crippen MR) is 107 cm³/mol. The van der Waals surface area contributed by atoms with Crippen LogP contribution in [0.25, 0.3) is 11.0 Å². The standard InChI is InChI=1S/C21H20ClN3O2/c1-2-14-25-19-7-4-3-6-18(19)24-20(25)8-5-13-23-21(26)15-27-17-11-9-16(22)10-12-17/h1,3-4,6-7,9-12H,5,8,13-15H2,(H,23,26). The van der Waals surface area contributed by atoms with E-state index in [1.54, 1.807) is 24.3 Å². The van der Waals surface area contributed by atoms with E-state index in [4.69, 9.17) is 22.8 Å². The van der Waals surface area contributed by atoms with Crippen LogP contribution in [0.1, 0.15) is 12.2 Å². The predicted octanol–water partition coefficient (Wildman–Crippen LogP) is 3.45. The van der Waals surface area contributed by atoms with Gasteiger partial charge in [0.05, 0.1) is 17.6 Å². The van der Waals surface area contributed by atoms with Crippen molar-refractivity contribution in [2.75, 3.05) is 13.2 Å². The Hall–Kier alpha value is -2.97. The van der Waals surface area contributed by atoms with Gasteiger partial charge in [-0.05, 0) is 42.8 Å². The molecule has 0 aliphatic carbocycles. The second-order valence-corrected chi connectivity index (χ2v) is 6.44. The topological polar surface area (TPSA) is 56.2 Å². The van der Waals surface area contributed by atoms with Gasteiger partial charge in [-0.2, -0.15) is 0 Å². The molecule has 0 aliphatic rings. The van der Waals surface area contributed by atoms with Gasteiger partial charge in [-0.3, -0.25) is 4.79 Å². The Labute approximate surface area is 163 Å². The van der Waals surface area contributed by atoms with E-state index in [9.17, 15) is 4.79 Å². The van der Waals surface area contributed by atoms with Crippen molar-refractivity contribution in [1.29, 1.82) is 0 Å². The molecule has 5 nitrogen and oxygen atoms in total. The highest BCUT2D eigenvalue weighted by atomic mass is 35.5. The number of amides is 1. The zero-order chi connectivity index (χ0) is 19.1. The Morgan fingerprint density at radius 3 is 2.78 bits per heavy atom. The third-order valence-corrected chi connectivity index (χ3v) is 4.32. The van der Waals surface area contributed by atoms with Crippen LogP contribution in [0.5, 0.6) is 5.75 Å². The lowest BCUT2D eigenvalue weighted by Crippen LogP contribution is -2.30. The van der Waals surface area contributed by atoms with Gasteiger partial charge in [0.1, 0.15) is 11.6 Å². The first-order valence-electron chi connectivity index (χ1n) is 8.70. The molecule has 0 saturated carbocycles. The number of fused-ring (bicyclic) bond motifs is 1. The Bertz CT molecular complexity index is 958. The highest BCUT2D eigenvalue weighted by Crippen LogP contribution is 2.17. The van der Waals surface area contributed by atoms with Crippen LogP contribution in [0.4, 0.5) is 0 Å². The van der Waals surface area contributed by atoms with Gasteiger partial charge in [0, 0.05) is 18.0 Å². The lowest BCUT2D eigenvalue weighted by atomic mass is 10.3. The molecule has 6 heteroatoms. The minimum Gasteiger partial charge on any atom is -0.484 e. The van der Waals surface area contributed by atoms with Gasteiger partial charge in [-0.1, -0.05) is 29.7 Å². The number of halogens is 1. The molecule has 0 aliphatic heterocycles.